The molecule has 0 spiro atoms. The summed E-state index contributed by atoms with van der Waals surface area (Å²) >= 11 is 0. The SMILES string of the molecule is CCOc1ccccc1[C@H]1C(C#N)=C(N)Oc2cc(N)ccc21. The minimum Gasteiger partial charge on any atom is -0.494 e. The first-order chi connectivity index (χ1) is 11.2. The molecule has 2 aromatic carbocycles. The number of allylic oxidation sites excluding steroid dienone is 1. The maximum atomic E-state index is 9.56. The summed E-state index contributed by atoms with van der Waals surface area (Å²) in [7, 11) is 0. The van der Waals surface area contributed by atoms with Crippen molar-refractivity contribution in [3.8, 4) is 17.6 Å². The first kappa shape index (κ1) is 14.8. The molecule has 0 bridgehead atoms. The minimum absolute atomic E-state index is 0.0990. The highest BCUT2D eigenvalue weighted by atomic mass is 16.5. The molecule has 0 saturated heterocycles. The van der Waals surface area contributed by atoms with E-state index >= 15 is 0 Å². The smallest absolute Gasteiger partial charge is 0.205 e. The van der Waals surface area contributed by atoms with E-state index in [2.05, 4.69) is 6.07 Å². The Hall–Kier alpha value is -3.13. The van der Waals surface area contributed by atoms with Crippen LogP contribution in [0.3, 0.4) is 0 Å². The van der Waals surface area contributed by atoms with E-state index in [1.165, 1.54) is 0 Å². The van der Waals surface area contributed by atoms with E-state index in [0.29, 0.717) is 23.6 Å². The Morgan fingerprint density at radius 1 is 1.17 bits per heavy atom. The van der Waals surface area contributed by atoms with Crippen LogP contribution in [-0.4, -0.2) is 6.61 Å². The molecule has 0 aromatic heterocycles. The van der Waals surface area contributed by atoms with Gasteiger partial charge in [-0.2, -0.15) is 5.26 Å². The summed E-state index contributed by atoms with van der Waals surface area (Å²) in [5.74, 6) is 1.05. The second-order valence-corrected chi connectivity index (χ2v) is 5.19. The van der Waals surface area contributed by atoms with Gasteiger partial charge in [0, 0.05) is 22.9 Å². The third-order valence-electron chi connectivity index (χ3n) is 3.77. The molecule has 0 aliphatic carbocycles. The number of hydrogen-bond donors (Lipinski definition) is 2. The third-order valence-corrected chi connectivity index (χ3v) is 3.77. The Bertz CT molecular complexity index is 821. The van der Waals surface area contributed by atoms with Gasteiger partial charge in [-0.1, -0.05) is 24.3 Å². The number of para-hydroxylation sites is 1. The monoisotopic (exact) mass is 307 g/mol. The zero-order valence-electron chi connectivity index (χ0n) is 12.7. The first-order valence-corrected chi connectivity index (χ1v) is 7.34. The summed E-state index contributed by atoms with van der Waals surface area (Å²) in [6.07, 6.45) is 0. The summed E-state index contributed by atoms with van der Waals surface area (Å²) in [5.41, 5.74) is 14.5. The molecular weight excluding hydrogens is 290 g/mol. The lowest BCUT2D eigenvalue weighted by Gasteiger charge is -2.27. The average molecular weight is 307 g/mol. The predicted molar refractivity (Wildman–Crippen MR) is 87.8 cm³/mol. The van der Waals surface area contributed by atoms with Crippen molar-refractivity contribution in [2.45, 2.75) is 12.8 Å². The minimum atomic E-state index is -0.341. The molecule has 3 rings (SSSR count). The molecule has 1 aliphatic rings. The number of benzene rings is 2. The number of nitrogens with two attached hydrogens (primary N) is 2. The fourth-order valence-electron chi connectivity index (χ4n) is 2.80. The summed E-state index contributed by atoms with van der Waals surface area (Å²) in [6.45, 7) is 2.46. The Balaban J connectivity index is 2.23. The normalized spacial score (nSPS) is 16.3. The number of fused-ring (bicyclic) bond motifs is 1. The molecule has 0 unspecified atom stereocenters. The Morgan fingerprint density at radius 3 is 2.70 bits per heavy atom. The van der Waals surface area contributed by atoms with Crippen LogP contribution in [0.2, 0.25) is 0 Å². The van der Waals surface area contributed by atoms with Gasteiger partial charge in [-0.25, -0.2) is 0 Å². The van der Waals surface area contributed by atoms with Crippen molar-refractivity contribution in [1.29, 1.82) is 5.26 Å². The van der Waals surface area contributed by atoms with Gasteiger partial charge >= 0.3 is 0 Å². The van der Waals surface area contributed by atoms with Crippen molar-refractivity contribution in [2.75, 3.05) is 12.3 Å². The molecule has 5 heteroatoms. The van der Waals surface area contributed by atoms with Gasteiger partial charge in [0.05, 0.1) is 12.5 Å². The van der Waals surface area contributed by atoms with Crippen molar-refractivity contribution in [3.05, 3.63) is 65.0 Å². The molecule has 0 saturated carbocycles. The van der Waals surface area contributed by atoms with Crippen LogP contribution in [0.25, 0.3) is 0 Å². The van der Waals surface area contributed by atoms with Gasteiger partial charge in [-0.3, -0.25) is 0 Å². The zero-order valence-corrected chi connectivity index (χ0v) is 12.7. The number of nitrogens with zero attached hydrogens (tertiary/aromatic N) is 1. The maximum Gasteiger partial charge on any atom is 0.205 e. The second kappa shape index (κ2) is 5.93. The lowest BCUT2D eigenvalue weighted by molar-refractivity contribution is 0.334. The number of anilines is 1. The maximum absolute atomic E-state index is 9.56. The van der Waals surface area contributed by atoms with E-state index in [9.17, 15) is 5.26 Å². The highest BCUT2D eigenvalue weighted by Crippen LogP contribution is 2.45. The molecule has 0 fully saturated rings. The van der Waals surface area contributed by atoms with Crippen molar-refractivity contribution in [1.82, 2.24) is 0 Å². The van der Waals surface area contributed by atoms with Gasteiger partial charge in [-0.15, -0.1) is 0 Å². The summed E-state index contributed by atoms with van der Waals surface area (Å²) in [4.78, 5) is 0. The van der Waals surface area contributed by atoms with Gasteiger partial charge < -0.3 is 20.9 Å². The largest absolute Gasteiger partial charge is 0.494 e. The van der Waals surface area contributed by atoms with Crippen LogP contribution >= 0.6 is 0 Å². The molecule has 5 nitrogen and oxygen atoms in total. The van der Waals surface area contributed by atoms with E-state index < -0.39 is 0 Å². The molecule has 1 atom stereocenters. The van der Waals surface area contributed by atoms with Gasteiger partial charge in [-0.05, 0) is 19.1 Å². The molecule has 0 amide bonds. The second-order valence-electron chi connectivity index (χ2n) is 5.19. The number of nitrogen functional groups attached to an aromatic ring is 1. The van der Waals surface area contributed by atoms with Gasteiger partial charge in [0.2, 0.25) is 5.88 Å². The molecule has 4 N–H and O–H groups in total. The zero-order chi connectivity index (χ0) is 16.4. The fourth-order valence-corrected chi connectivity index (χ4v) is 2.80. The Kier molecular flexibility index (Phi) is 3.82. The Morgan fingerprint density at radius 2 is 1.96 bits per heavy atom. The topological polar surface area (TPSA) is 94.3 Å². The number of ether oxygens (including phenoxy) is 2. The van der Waals surface area contributed by atoms with Crippen molar-refractivity contribution < 1.29 is 9.47 Å². The highest BCUT2D eigenvalue weighted by molar-refractivity contribution is 5.61. The summed E-state index contributed by atoms with van der Waals surface area (Å²) in [5, 5.41) is 9.56. The van der Waals surface area contributed by atoms with E-state index in [4.69, 9.17) is 20.9 Å². The number of hydrogen-bond acceptors (Lipinski definition) is 5. The molecule has 0 radical (unpaired) electrons. The van der Waals surface area contributed by atoms with Gasteiger partial charge in [0.25, 0.3) is 0 Å². The van der Waals surface area contributed by atoms with E-state index in [1.54, 1.807) is 12.1 Å². The third kappa shape index (κ3) is 2.55. The molecule has 1 heterocycles. The average Bonchev–Trinajstić information content (AvgIpc) is 2.54. The quantitative estimate of drug-likeness (QED) is 0.850. The van der Waals surface area contributed by atoms with Gasteiger partial charge in [0.1, 0.15) is 23.1 Å². The van der Waals surface area contributed by atoms with Crippen LogP contribution in [0.15, 0.2) is 53.9 Å². The van der Waals surface area contributed by atoms with Crippen molar-refractivity contribution in [3.63, 3.8) is 0 Å². The first-order valence-electron chi connectivity index (χ1n) is 7.34. The van der Waals surface area contributed by atoms with E-state index in [0.717, 1.165) is 16.9 Å². The van der Waals surface area contributed by atoms with Crippen molar-refractivity contribution >= 4 is 5.69 Å². The van der Waals surface area contributed by atoms with Crippen LogP contribution < -0.4 is 20.9 Å². The van der Waals surface area contributed by atoms with Crippen LogP contribution in [0.5, 0.6) is 11.5 Å². The molecular formula is C18H17N3O2. The number of nitriles is 1. The van der Waals surface area contributed by atoms with Crippen LogP contribution in [0, 0.1) is 11.3 Å². The Labute approximate surface area is 134 Å². The molecule has 116 valence electrons. The standard InChI is InChI=1S/C18H17N3O2/c1-2-22-15-6-4-3-5-12(15)17-13-8-7-11(20)9-16(13)23-18(21)14(17)10-19/h3-9,17H,2,20-21H2,1H3/t17-/m1/s1. The van der Waals surface area contributed by atoms with Crippen molar-refractivity contribution in [2.24, 2.45) is 5.73 Å². The molecule has 1 aliphatic heterocycles. The van der Waals surface area contributed by atoms with Crippen LogP contribution in [-0.2, 0) is 0 Å². The number of rotatable bonds is 3. The summed E-state index contributed by atoms with van der Waals surface area (Å²) in [6, 6.07) is 15.2. The lowest BCUT2D eigenvalue weighted by atomic mass is 9.83. The predicted octanol–water partition coefficient (Wildman–Crippen LogP) is 2.89. The molecule has 2 aromatic rings. The lowest BCUT2D eigenvalue weighted by Crippen LogP contribution is -2.21. The highest BCUT2D eigenvalue weighted by Gasteiger charge is 2.32. The van der Waals surface area contributed by atoms with Gasteiger partial charge in [0.15, 0.2) is 0 Å². The molecule has 23 heavy (non-hydrogen) atoms. The fraction of sp³-hybridized carbons (Fsp3) is 0.167. The van der Waals surface area contributed by atoms with E-state index in [-0.39, 0.29) is 11.8 Å². The van der Waals surface area contributed by atoms with Crippen LogP contribution in [0.4, 0.5) is 5.69 Å². The summed E-state index contributed by atoms with van der Waals surface area (Å²) < 4.78 is 11.3. The van der Waals surface area contributed by atoms with Crippen LogP contribution in [0.1, 0.15) is 24.0 Å². The van der Waals surface area contributed by atoms with E-state index in [1.807, 2.05) is 37.3 Å².